The van der Waals surface area contributed by atoms with Gasteiger partial charge in [0.05, 0.1) is 0 Å². The molecule has 0 heterocycles. The van der Waals surface area contributed by atoms with Crippen molar-refractivity contribution in [2.45, 2.75) is 0 Å². The van der Waals surface area contributed by atoms with Crippen molar-refractivity contribution in [2.24, 2.45) is 0 Å². The first-order valence-corrected chi connectivity index (χ1v) is 2.38. The number of rotatable bonds is 0. The Kier molecular flexibility index (Phi) is 3.27. The van der Waals surface area contributed by atoms with Crippen LogP contribution in [-0.2, 0) is 0 Å². The molecule has 0 fully saturated rings. The van der Waals surface area contributed by atoms with E-state index >= 15 is 0 Å². The topological polar surface area (TPSA) is 40.5 Å². The van der Waals surface area contributed by atoms with E-state index in [4.69, 9.17) is 10.2 Å². The van der Waals surface area contributed by atoms with Crippen molar-refractivity contribution in [1.29, 1.82) is 0 Å². The normalized spacial score (nSPS) is 8.50. The molecule has 0 unspecified atom stereocenters. The van der Waals surface area contributed by atoms with Crippen molar-refractivity contribution in [2.75, 3.05) is 0 Å². The van der Waals surface area contributed by atoms with Gasteiger partial charge in [0, 0.05) is 0 Å². The van der Waals surface area contributed by atoms with Gasteiger partial charge in [-0.15, -0.1) is 0 Å². The molecule has 0 atom stereocenters. The van der Waals surface area contributed by atoms with Crippen LogP contribution >= 0.6 is 0 Å². The van der Waals surface area contributed by atoms with Crippen LogP contribution in [0.1, 0.15) is 0 Å². The number of hydrogen-bond acceptors (Lipinski definition) is 2. The fourth-order valence-electron chi connectivity index (χ4n) is 0.504. The molecule has 10 heavy (non-hydrogen) atoms. The molecular formula is C6H6FLiO2. The van der Waals surface area contributed by atoms with Gasteiger partial charge in [0.25, 0.3) is 0 Å². The predicted molar refractivity (Wildman–Crippen MR) is 36.9 cm³/mol. The summed E-state index contributed by atoms with van der Waals surface area (Å²) in [5.41, 5.74) is 0. The molecule has 2 nitrogen and oxygen atoms in total. The average Bonchev–Trinajstić information content (AvgIpc) is 1.83. The van der Waals surface area contributed by atoms with E-state index in [9.17, 15) is 4.39 Å². The zero-order valence-corrected chi connectivity index (χ0v) is 4.50. The first-order chi connectivity index (χ1) is 4.22. The van der Waals surface area contributed by atoms with Crippen LogP contribution in [0.15, 0.2) is 18.2 Å². The Hall–Kier alpha value is -0.653. The maximum absolute atomic E-state index is 12.2. The van der Waals surface area contributed by atoms with Crippen molar-refractivity contribution < 1.29 is 14.6 Å². The third-order valence-corrected chi connectivity index (χ3v) is 0.965. The summed E-state index contributed by atoms with van der Waals surface area (Å²) in [7, 11) is 0. The van der Waals surface area contributed by atoms with Gasteiger partial charge in [0.15, 0.2) is 17.3 Å². The Balaban J connectivity index is 0.000000810. The molecule has 50 valence electrons. The van der Waals surface area contributed by atoms with Crippen LogP contribution in [0.5, 0.6) is 11.5 Å². The summed E-state index contributed by atoms with van der Waals surface area (Å²) in [6, 6.07) is 3.58. The van der Waals surface area contributed by atoms with E-state index in [0.717, 1.165) is 6.07 Å². The van der Waals surface area contributed by atoms with Crippen LogP contribution in [0, 0.1) is 5.82 Å². The zero-order chi connectivity index (χ0) is 6.85. The van der Waals surface area contributed by atoms with Gasteiger partial charge in [0.1, 0.15) is 0 Å². The van der Waals surface area contributed by atoms with E-state index in [1.807, 2.05) is 0 Å². The second kappa shape index (κ2) is 3.50. The number of para-hydroxylation sites is 1. The Labute approximate surface area is 69.5 Å². The third kappa shape index (κ3) is 1.66. The molecule has 0 saturated carbocycles. The second-order valence-corrected chi connectivity index (χ2v) is 1.61. The van der Waals surface area contributed by atoms with Gasteiger partial charge >= 0.3 is 18.9 Å². The van der Waals surface area contributed by atoms with E-state index in [0.29, 0.717) is 0 Å². The van der Waals surface area contributed by atoms with Gasteiger partial charge in [-0.05, 0) is 12.1 Å². The molecule has 0 spiro atoms. The van der Waals surface area contributed by atoms with Gasteiger partial charge in [0.2, 0.25) is 0 Å². The van der Waals surface area contributed by atoms with Crippen molar-refractivity contribution in [3.05, 3.63) is 24.0 Å². The Bertz CT molecular complexity index is 207. The van der Waals surface area contributed by atoms with Crippen LogP contribution < -0.4 is 0 Å². The molecule has 0 saturated heterocycles. The third-order valence-electron chi connectivity index (χ3n) is 0.965. The molecule has 0 aliphatic carbocycles. The summed E-state index contributed by atoms with van der Waals surface area (Å²) >= 11 is 0. The standard InChI is InChI=1S/C6H5FO2.Li.H/c7-4-2-1-3-5(8)6(4)9;;/h1-3,8-9H;;. The number of aromatic hydroxyl groups is 2. The molecule has 0 aliphatic heterocycles. The monoisotopic (exact) mass is 136 g/mol. The SMILES string of the molecule is Oc1cccc(F)c1O.[LiH]. The van der Waals surface area contributed by atoms with Crippen LogP contribution in [0.3, 0.4) is 0 Å². The van der Waals surface area contributed by atoms with E-state index in [1.165, 1.54) is 12.1 Å². The summed E-state index contributed by atoms with van der Waals surface area (Å²) in [5, 5.41) is 17.2. The quantitative estimate of drug-likeness (QED) is 0.404. The Morgan fingerprint density at radius 1 is 1.20 bits per heavy atom. The summed E-state index contributed by atoms with van der Waals surface area (Å²) in [4.78, 5) is 0. The van der Waals surface area contributed by atoms with E-state index in [1.54, 1.807) is 0 Å². The van der Waals surface area contributed by atoms with Gasteiger partial charge in [-0.1, -0.05) is 6.07 Å². The molecule has 1 rings (SSSR count). The van der Waals surface area contributed by atoms with Crippen LogP contribution in [0.4, 0.5) is 4.39 Å². The first-order valence-electron chi connectivity index (χ1n) is 2.38. The van der Waals surface area contributed by atoms with Crippen molar-refractivity contribution in [1.82, 2.24) is 0 Å². The fraction of sp³-hybridized carbons (Fsp3) is 0. The molecule has 2 N–H and O–H groups in total. The summed E-state index contributed by atoms with van der Waals surface area (Å²) in [6.07, 6.45) is 0. The predicted octanol–water partition coefficient (Wildman–Crippen LogP) is 0.588. The molecule has 0 aliphatic rings. The first kappa shape index (κ1) is 9.35. The molecule has 1 aromatic rings. The summed E-state index contributed by atoms with van der Waals surface area (Å²) < 4.78 is 12.2. The number of phenolic OH excluding ortho intramolecular Hbond substituents is 2. The number of hydrogen-bond donors (Lipinski definition) is 2. The molecule has 0 radical (unpaired) electrons. The maximum atomic E-state index is 12.2. The van der Waals surface area contributed by atoms with Crippen molar-refractivity contribution >= 4 is 18.9 Å². The Morgan fingerprint density at radius 2 is 1.80 bits per heavy atom. The molecule has 1 aromatic carbocycles. The minimum absolute atomic E-state index is 0. The number of benzene rings is 1. The number of phenols is 2. The zero-order valence-electron chi connectivity index (χ0n) is 4.50. The van der Waals surface area contributed by atoms with Gasteiger partial charge in [-0.3, -0.25) is 0 Å². The molecule has 0 bridgehead atoms. The van der Waals surface area contributed by atoms with E-state index in [2.05, 4.69) is 0 Å². The minimum atomic E-state index is -0.810. The van der Waals surface area contributed by atoms with Crippen LogP contribution in [0.2, 0.25) is 0 Å². The van der Waals surface area contributed by atoms with Crippen molar-refractivity contribution in [3.63, 3.8) is 0 Å². The van der Waals surface area contributed by atoms with E-state index in [-0.39, 0.29) is 18.9 Å². The molecule has 4 heteroatoms. The second-order valence-electron chi connectivity index (χ2n) is 1.61. The average molecular weight is 136 g/mol. The molecule has 0 amide bonds. The number of halogens is 1. The van der Waals surface area contributed by atoms with Crippen LogP contribution in [-0.4, -0.2) is 29.1 Å². The van der Waals surface area contributed by atoms with Crippen molar-refractivity contribution in [3.8, 4) is 11.5 Å². The summed E-state index contributed by atoms with van der Waals surface area (Å²) in [6.45, 7) is 0. The van der Waals surface area contributed by atoms with Crippen LogP contribution in [0.25, 0.3) is 0 Å². The molecule has 0 aromatic heterocycles. The van der Waals surface area contributed by atoms with Gasteiger partial charge in [-0.2, -0.15) is 0 Å². The van der Waals surface area contributed by atoms with Gasteiger partial charge < -0.3 is 10.2 Å². The van der Waals surface area contributed by atoms with E-state index < -0.39 is 17.3 Å². The fourth-order valence-corrected chi connectivity index (χ4v) is 0.504. The summed E-state index contributed by atoms with van der Waals surface area (Å²) in [5.74, 6) is -1.94. The Morgan fingerprint density at radius 3 is 2.20 bits per heavy atom. The van der Waals surface area contributed by atoms with Gasteiger partial charge in [-0.25, -0.2) is 4.39 Å². The molecular weight excluding hydrogens is 130 g/mol.